The number of aromatic nitrogens is 1. The molecule has 0 radical (unpaired) electrons. The van der Waals surface area contributed by atoms with Crippen LogP contribution in [0, 0.1) is 0 Å². The van der Waals surface area contributed by atoms with Crippen LogP contribution in [0.5, 0.6) is 0 Å². The van der Waals surface area contributed by atoms with Crippen LogP contribution in [-0.4, -0.2) is 50.4 Å². The number of carbonyl (C=O) groups excluding carboxylic acids is 1. The van der Waals surface area contributed by atoms with Crippen LogP contribution in [0.3, 0.4) is 0 Å². The minimum Gasteiger partial charge on any atom is -0.368 e. The summed E-state index contributed by atoms with van der Waals surface area (Å²) in [5, 5.41) is 0.752. The van der Waals surface area contributed by atoms with E-state index >= 15 is 0 Å². The molecule has 1 aromatic heterocycles. The summed E-state index contributed by atoms with van der Waals surface area (Å²) in [6, 6.07) is 24.2. The van der Waals surface area contributed by atoms with Crippen molar-refractivity contribution in [1.82, 2.24) is 9.88 Å². The van der Waals surface area contributed by atoms with E-state index in [0.29, 0.717) is 29.9 Å². The standard InChI is InChI=1S/C30H30N4O3S/c35-30(34-20-18-33(19-21-34)27-15-11-23(12-16-27)22-4-1-5-22)25-9-13-26(14-10-25)32-38(36,37)28-8-2-6-24-7-3-17-31-29(24)28/h2-3,6-17,22,32H,1,4-5,18-21H2. The van der Waals surface area contributed by atoms with Gasteiger partial charge in [-0.15, -0.1) is 0 Å². The van der Waals surface area contributed by atoms with Crippen LogP contribution in [0.4, 0.5) is 11.4 Å². The molecule has 1 saturated carbocycles. The van der Waals surface area contributed by atoms with Crippen LogP contribution in [0.1, 0.15) is 41.1 Å². The number of para-hydroxylation sites is 1. The molecule has 0 bridgehead atoms. The van der Waals surface area contributed by atoms with E-state index in [-0.39, 0.29) is 10.8 Å². The highest BCUT2D eigenvalue weighted by Crippen LogP contribution is 2.37. The third kappa shape index (κ3) is 4.84. The first-order valence-electron chi connectivity index (χ1n) is 13.1. The SMILES string of the molecule is O=C(c1ccc(NS(=O)(=O)c2cccc3cccnc23)cc1)N1CCN(c2ccc(C3CCC3)cc2)CC1. The van der Waals surface area contributed by atoms with Gasteiger partial charge in [0.15, 0.2) is 0 Å². The second-order valence-electron chi connectivity index (χ2n) is 10.0. The number of hydrogen-bond acceptors (Lipinski definition) is 5. The van der Waals surface area contributed by atoms with Gasteiger partial charge in [0, 0.05) is 54.7 Å². The summed E-state index contributed by atoms with van der Waals surface area (Å²) < 4.78 is 28.8. The van der Waals surface area contributed by atoms with E-state index in [1.165, 1.54) is 36.6 Å². The maximum Gasteiger partial charge on any atom is 0.264 e. The lowest BCUT2D eigenvalue weighted by molar-refractivity contribution is 0.0747. The van der Waals surface area contributed by atoms with E-state index in [9.17, 15) is 13.2 Å². The van der Waals surface area contributed by atoms with Gasteiger partial charge in [-0.3, -0.25) is 14.5 Å². The molecule has 1 amide bonds. The zero-order valence-electron chi connectivity index (χ0n) is 21.1. The Morgan fingerprint density at radius 1 is 0.842 bits per heavy atom. The topological polar surface area (TPSA) is 82.6 Å². The number of carbonyl (C=O) groups is 1. The smallest absolute Gasteiger partial charge is 0.264 e. The maximum atomic E-state index is 13.1. The first-order valence-corrected chi connectivity index (χ1v) is 14.6. The summed E-state index contributed by atoms with van der Waals surface area (Å²) in [6.07, 6.45) is 5.51. The molecule has 0 spiro atoms. The third-order valence-corrected chi connectivity index (χ3v) is 9.08. The molecule has 7 nitrogen and oxygen atoms in total. The lowest BCUT2D eigenvalue weighted by Crippen LogP contribution is -2.48. The van der Waals surface area contributed by atoms with Crippen molar-refractivity contribution in [2.45, 2.75) is 30.1 Å². The number of piperazine rings is 1. The highest BCUT2D eigenvalue weighted by Gasteiger charge is 2.24. The number of sulfonamides is 1. The van der Waals surface area contributed by atoms with Crippen LogP contribution in [-0.2, 0) is 10.0 Å². The van der Waals surface area contributed by atoms with Crippen molar-refractivity contribution in [2.24, 2.45) is 0 Å². The quantitative estimate of drug-likeness (QED) is 0.370. The summed E-state index contributed by atoms with van der Waals surface area (Å²) in [5.41, 5.74) is 4.00. The summed E-state index contributed by atoms with van der Waals surface area (Å²) >= 11 is 0. The Bertz CT molecular complexity index is 1550. The Kier molecular flexibility index (Phi) is 6.49. The van der Waals surface area contributed by atoms with Crippen LogP contribution >= 0.6 is 0 Å². The predicted octanol–water partition coefficient (Wildman–Crippen LogP) is 5.27. The first kappa shape index (κ1) is 24.4. The molecule has 3 aromatic carbocycles. The van der Waals surface area contributed by atoms with Gasteiger partial charge in [0.2, 0.25) is 0 Å². The van der Waals surface area contributed by atoms with E-state index in [1.807, 2.05) is 17.0 Å². The number of nitrogens with zero attached hydrogens (tertiary/aromatic N) is 3. The summed E-state index contributed by atoms with van der Waals surface area (Å²) in [5.74, 6) is 0.688. The molecule has 8 heteroatoms. The fourth-order valence-electron chi connectivity index (χ4n) is 5.23. The number of pyridine rings is 1. The second-order valence-corrected chi connectivity index (χ2v) is 11.7. The monoisotopic (exact) mass is 526 g/mol. The number of nitrogens with one attached hydrogen (secondary N) is 1. The molecule has 1 aliphatic heterocycles. The van der Waals surface area contributed by atoms with Gasteiger partial charge >= 0.3 is 0 Å². The molecule has 0 atom stereocenters. The molecule has 2 heterocycles. The normalized spacial score (nSPS) is 16.3. The number of benzene rings is 3. The molecule has 6 rings (SSSR count). The van der Waals surface area contributed by atoms with E-state index in [1.54, 1.807) is 42.6 Å². The molecular weight excluding hydrogens is 496 g/mol. The van der Waals surface area contributed by atoms with E-state index in [2.05, 4.69) is 38.9 Å². The molecule has 1 aliphatic carbocycles. The zero-order valence-corrected chi connectivity index (χ0v) is 21.9. The van der Waals surface area contributed by atoms with Gasteiger partial charge in [0.05, 0.1) is 5.52 Å². The van der Waals surface area contributed by atoms with E-state index in [4.69, 9.17) is 0 Å². The van der Waals surface area contributed by atoms with Crippen molar-refractivity contribution in [1.29, 1.82) is 0 Å². The molecule has 194 valence electrons. The third-order valence-electron chi connectivity index (χ3n) is 7.67. The Labute approximate surface area is 223 Å². The molecule has 1 N–H and O–H groups in total. The maximum absolute atomic E-state index is 13.1. The molecule has 2 aliphatic rings. The lowest BCUT2D eigenvalue weighted by Gasteiger charge is -2.36. The first-order chi connectivity index (χ1) is 18.5. The lowest BCUT2D eigenvalue weighted by atomic mass is 9.80. The van der Waals surface area contributed by atoms with Gasteiger partial charge in [-0.25, -0.2) is 8.42 Å². The highest BCUT2D eigenvalue weighted by molar-refractivity contribution is 7.93. The van der Waals surface area contributed by atoms with Crippen molar-refractivity contribution < 1.29 is 13.2 Å². The minimum absolute atomic E-state index is 0.0439. The van der Waals surface area contributed by atoms with Crippen LogP contribution in [0.25, 0.3) is 10.9 Å². The Hall–Kier alpha value is -3.91. The second kappa shape index (κ2) is 10.1. The summed E-state index contributed by atoms with van der Waals surface area (Å²) in [6.45, 7) is 2.86. The number of rotatable bonds is 6. The molecule has 2 fully saturated rings. The van der Waals surface area contributed by atoms with Gasteiger partial charge in [-0.1, -0.05) is 36.8 Å². The predicted molar refractivity (Wildman–Crippen MR) is 150 cm³/mol. The van der Waals surface area contributed by atoms with Crippen molar-refractivity contribution in [2.75, 3.05) is 35.8 Å². The van der Waals surface area contributed by atoms with Gasteiger partial charge in [0.1, 0.15) is 4.90 Å². The molecule has 4 aromatic rings. The highest BCUT2D eigenvalue weighted by atomic mass is 32.2. The Morgan fingerprint density at radius 3 is 2.24 bits per heavy atom. The van der Waals surface area contributed by atoms with E-state index in [0.717, 1.165) is 24.4 Å². The Morgan fingerprint density at radius 2 is 1.55 bits per heavy atom. The van der Waals surface area contributed by atoms with Crippen LogP contribution in [0.2, 0.25) is 0 Å². The van der Waals surface area contributed by atoms with Crippen molar-refractivity contribution >= 4 is 38.2 Å². The van der Waals surface area contributed by atoms with Gasteiger partial charge in [-0.2, -0.15) is 0 Å². The molecule has 38 heavy (non-hydrogen) atoms. The number of hydrogen-bond donors (Lipinski definition) is 1. The summed E-state index contributed by atoms with van der Waals surface area (Å²) in [4.78, 5) is 21.7. The van der Waals surface area contributed by atoms with Gasteiger partial charge in [-0.05, 0) is 72.9 Å². The van der Waals surface area contributed by atoms with Crippen molar-refractivity contribution in [3.8, 4) is 0 Å². The van der Waals surface area contributed by atoms with Crippen molar-refractivity contribution in [3.05, 3.63) is 96.2 Å². The van der Waals surface area contributed by atoms with E-state index < -0.39 is 10.0 Å². The average Bonchev–Trinajstić information content (AvgIpc) is 2.92. The van der Waals surface area contributed by atoms with Crippen LogP contribution < -0.4 is 9.62 Å². The minimum atomic E-state index is -3.85. The molecule has 0 unspecified atom stereocenters. The Balaban J connectivity index is 1.08. The van der Waals surface area contributed by atoms with Crippen LogP contribution in [0.15, 0.2) is 90.0 Å². The fourth-order valence-corrected chi connectivity index (χ4v) is 6.47. The zero-order chi connectivity index (χ0) is 26.1. The molecule has 1 saturated heterocycles. The largest absolute Gasteiger partial charge is 0.368 e. The van der Waals surface area contributed by atoms with Gasteiger partial charge < -0.3 is 9.80 Å². The molecular formula is C30H30N4O3S. The number of amides is 1. The van der Waals surface area contributed by atoms with Crippen molar-refractivity contribution in [3.63, 3.8) is 0 Å². The number of fused-ring (bicyclic) bond motifs is 1. The average molecular weight is 527 g/mol. The summed E-state index contributed by atoms with van der Waals surface area (Å²) in [7, 11) is -3.85. The fraction of sp³-hybridized carbons (Fsp3) is 0.267. The van der Waals surface area contributed by atoms with Gasteiger partial charge in [0.25, 0.3) is 15.9 Å². The number of anilines is 2.